The normalized spacial score (nSPS) is 13.2. The maximum absolute atomic E-state index is 10.8. The van der Waals surface area contributed by atoms with E-state index in [1.165, 1.54) is 7.11 Å². The number of rotatable bonds is 4. The van der Waals surface area contributed by atoms with Crippen LogP contribution in [0.1, 0.15) is 13.8 Å². The Hall–Kier alpha value is -0.610. The van der Waals surface area contributed by atoms with Gasteiger partial charge in [-0.3, -0.25) is 4.79 Å². The lowest BCUT2D eigenvalue weighted by atomic mass is 10.2. The molecule has 1 atom stereocenters. The molecule has 0 saturated carbocycles. The average molecular weight is 161 g/mol. The summed E-state index contributed by atoms with van der Waals surface area (Å²) in [5.41, 5.74) is 0. The maximum atomic E-state index is 10.8. The maximum Gasteiger partial charge on any atom is 0.325 e. The number of methoxy groups -OCH3 is 1. The average Bonchev–Trinajstić information content (AvgIpc) is 1.98. The second-order valence-electron chi connectivity index (χ2n) is 2.58. The minimum Gasteiger partial charge on any atom is -0.468 e. The summed E-state index contributed by atoms with van der Waals surface area (Å²) in [6.45, 7) is 3.56. The summed E-state index contributed by atoms with van der Waals surface area (Å²) in [6.07, 6.45) is 0. The Labute approximate surface area is 66.5 Å². The first-order valence-electron chi connectivity index (χ1n) is 3.56. The number of nitrogens with one attached hydrogen (secondary N) is 1. The van der Waals surface area contributed by atoms with Crippen molar-refractivity contribution in [1.82, 2.24) is 5.32 Å². The molecule has 0 aromatic heterocycles. The summed E-state index contributed by atoms with van der Waals surface area (Å²) in [5.74, 6) is -0.429. The van der Waals surface area contributed by atoms with Crippen molar-refractivity contribution in [2.75, 3.05) is 13.7 Å². The molecule has 0 spiro atoms. The Morgan fingerprint density at radius 1 is 1.64 bits per heavy atom. The summed E-state index contributed by atoms with van der Waals surface area (Å²) in [4.78, 5) is 10.8. The van der Waals surface area contributed by atoms with Crippen LogP contribution in [0.3, 0.4) is 0 Å². The second-order valence-corrected chi connectivity index (χ2v) is 2.58. The fraction of sp³-hybridized carbons (Fsp3) is 0.857. The molecule has 0 bridgehead atoms. The van der Waals surface area contributed by atoms with Gasteiger partial charge >= 0.3 is 5.97 Å². The quantitative estimate of drug-likeness (QED) is 0.547. The van der Waals surface area contributed by atoms with Gasteiger partial charge in [-0.2, -0.15) is 0 Å². The molecule has 66 valence electrons. The van der Waals surface area contributed by atoms with E-state index in [-0.39, 0.29) is 12.6 Å². The van der Waals surface area contributed by atoms with Crippen LogP contribution in [0.2, 0.25) is 0 Å². The molecular weight excluding hydrogens is 146 g/mol. The number of ether oxygens (including phenoxy) is 1. The van der Waals surface area contributed by atoms with Gasteiger partial charge in [-0.05, 0) is 0 Å². The van der Waals surface area contributed by atoms with Gasteiger partial charge in [0.2, 0.25) is 0 Å². The van der Waals surface area contributed by atoms with Gasteiger partial charge in [0.1, 0.15) is 6.04 Å². The highest BCUT2D eigenvalue weighted by atomic mass is 16.5. The molecule has 11 heavy (non-hydrogen) atoms. The van der Waals surface area contributed by atoms with Gasteiger partial charge in [0, 0.05) is 6.04 Å². The summed E-state index contributed by atoms with van der Waals surface area (Å²) in [7, 11) is 1.30. The molecule has 4 heteroatoms. The van der Waals surface area contributed by atoms with Crippen LogP contribution in [-0.4, -0.2) is 36.9 Å². The lowest BCUT2D eigenvalue weighted by Crippen LogP contribution is -2.44. The highest BCUT2D eigenvalue weighted by molar-refractivity contribution is 5.75. The van der Waals surface area contributed by atoms with Crippen LogP contribution in [0, 0.1) is 0 Å². The minimum absolute atomic E-state index is 0.159. The molecular formula is C7H15NO3. The second kappa shape index (κ2) is 5.09. The largest absolute Gasteiger partial charge is 0.468 e. The predicted octanol–water partition coefficient (Wildman–Crippen LogP) is -0.482. The third kappa shape index (κ3) is 3.95. The highest BCUT2D eigenvalue weighted by Gasteiger charge is 2.17. The van der Waals surface area contributed by atoms with Crippen molar-refractivity contribution in [2.24, 2.45) is 0 Å². The van der Waals surface area contributed by atoms with E-state index in [1.807, 2.05) is 13.8 Å². The zero-order valence-electron chi connectivity index (χ0n) is 7.13. The molecule has 0 aromatic rings. The zero-order valence-corrected chi connectivity index (χ0v) is 7.13. The van der Waals surface area contributed by atoms with Crippen LogP contribution in [0.4, 0.5) is 0 Å². The zero-order chi connectivity index (χ0) is 8.85. The van der Waals surface area contributed by atoms with Gasteiger partial charge in [0.25, 0.3) is 0 Å². The van der Waals surface area contributed by atoms with Crippen LogP contribution >= 0.6 is 0 Å². The van der Waals surface area contributed by atoms with Gasteiger partial charge < -0.3 is 15.2 Å². The Balaban J connectivity index is 3.84. The number of hydrogen-bond donors (Lipinski definition) is 2. The van der Waals surface area contributed by atoms with Crippen molar-refractivity contribution in [2.45, 2.75) is 25.9 Å². The first kappa shape index (κ1) is 10.4. The Morgan fingerprint density at radius 2 is 2.18 bits per heavy atom. The van der Waals surface area contributed by atoms with E-state index in [0.29, 0.717) is 0 Å². The van der Waals surface area contributed by atoms with E-state index in [4.69, 9.17) is 5.11 Å². The van der Waals surface area contributed by atoms with Crippen molar-refractivity contribution >= 4 is 5.97 Å². The number of esters is 1. The number of carbonyl (C=O) groups excluding carboxylic acids is 1. The SMILES string of the molecule is COC(=O)[C@@H](CO)NC(C)C. The van der Waals surface area contributed by atoms with Crippen LogP contribution in [0.25, 0.3) is 0 Å². The Kier molecular flexibility index (Phi) is 4.81. The van der Waals surface area contributed by atoms with E-state index < -0.39 is 12.0 Å². The molecule has 0 rings (SSSR count). The van der Waals surface area contributed by atoms with E-state index in [0.717, 1.165) is 0 Å². The number of aliphatic hydroxyl groups excluding tert-OH is 1. The first-order chi connectivity index (χ1) is 5.11. The van der Waals surface area contributed by atoms with E-state index >= 15 is 0 Å². The molecule has 0 saturated heterocycles. The van der Waals surface area contributed by atoms with Gasteiger partial charge in [-0.25, -0.2) is 0 Å². The highest BCUT2D eigenvalue weighted by Crippen LogP contribution is 1.89. The van der Waals surface area contributed by atoms with Crippen LogP contribution in [0.15, 0.2) is 0 Å². The molecule has 0 aliphatic heterocycles. The summed E-state index contributed by atoms with van der Waals surface area (Å²) < 4.78 is 4.44. The standard InChI is InChI=1S/C7H15NO3/c1-5(2)8-6(4-9)7(10)11-3/h5-6,8-9H,4H2,1-3H3/t6-/m1/s1. The van der Waals surface area contributed by atoms with Crippen molar-refractivity contribution in [3.8, 4) is 0 Å². The fourth-order valence-corrected chi connectivity index (χ4v) is 0.740. The molecule has 0 unspecified atom stereocenters. The topological polar surface area (TPSA) is 58.6 Å². The molecule has 2 N–H and O–H groups in total. The number of aliphatic hydroxyl groups is 1. The minimum atomic E-state index is -0.597. The van der Waals surface area contributed by atoms with E-state index in [1.54, 1.807) is 0 Å². The monoisotopic (exact) mass is 161 g/mol. The first-order valence-corrected chi connectivity index (χ1v) is 3.56. The van der Waals surface area contributed by atoms with Gasteiger partial charge in [-0.1, -0.05) is 13.8 Å². The molecule has 0 aliphatic carbocycles. The predicted molar refractivity (Wildman–Crippen MR) is 41.2 cm³/mol. The summed E-state index contributed by atoms with van der Waals surface area (Å²) in [5, 5.41) is 11.6. The van der Waals surface area contributed by atoms with E-state index in [9.17, 15) is 4.79 Å². The fourth-order valence-electron chi connectivity index (χ4n) is 0.740. The number of hydrogen-bond acceptors (Lipinski definition) is 4. The Bertz CT molecular complexity index is 125. The number of carbonyl (C=O) groups is 1. The summed E-state index contributed by atoms with van der Waals surface area (Å²) >= 11 is 0. The smallest absolute Gasteiger partial charge is 0.325 e. The van der Waals surface area contributed by atoms with E-state index in [2.05, 4.69) is 10.1 Å². The molecule has 0 aliphatic rings. The molecule has 0 aromatic carbocycles. The summed E-state index contributed by atoms with van der Waals surface area (Å²) in [6, 6.07) is -0.439. The molecule has 4 nitrogen and oxygen atoms in total. The molecule has 0 amide bonds. The van der Waals surface area contributed by atoms with Crippen molar-refractivity contribution in [1.29, 1.82) is 0 Å². The third-order valence-corrected chi connectivity index (χ3v) is 1.20. The molecule has 0 heterocycles. The lowest BCUT2D eigenvalue weighted by molar-refractivity contribution is -0.144. The van der Waals surface area contributed by atoms with Crippen molar-refractivity contribution < 1.29 is 14.6 Å². The van der Waals surface area contributed by atoms with Gasteiger partial charge in [0.15, 0.2) is 0 Å². The van der Waals surface area contributed by atoms with Gasteiger partial charge in [-0.15, -0.1) is 0 Å². The lowest BCUT2D eigenvalue weighted by Gasteiger charge is -2.15. The molecule has 0 radical (unpaired) electrons. The van der Waals surface area contributed by atoms with Crippen molar-refractivity contribution in [3.63, 3.8) is 0 Å². The third-order valence-electron chi connectivity index (χ3n) is 1.20. The van der Waals surface area contributed by atoms with Crippen molar-refractivity contribution in [3.05, 3.63) is 0 Å². The van der Waals surface area contributed by atoms with Crippen LogP contribution < -0.4 is 5.32 Å². The van der Waals surface area contributed by atoms with Gasteiger partial charge in [0.05, 0.1) is 13.7 Å². The molecule has 0 fully saturated rings. The van der Waals surface area contributed by atoms with Crippen LogP contribution in [-0.2, 0) is 9.53 Å². The Morgan fingerprint density at radius 3 is 2.45 bits per heavy atom. The van der Waals surface area contributed by atoms with Crippen LogP contribution in [0.5, 0.6) is 0 Å².